The SMILES string of the molecule is O=C1CC(=O)N(c2ccccc2C(=O)N2CCCC2)C1. The van der Waals surface area contributed by atoms with Crippen LogP contribution >= 0.6 is 0 Å². The van der Waals surface area contributed by atoms with Crippen LogP contribution in [0.5, 0.6) is 0 Å². The molecule has 2 amide bonds. The molecule has 0 spiro atoms. The normalized spacial score (nSPS) is 19.0. The number of carbonyl (C=O) groups is 3. The lowest BCUT2D eigenvalue weighted by Crippen LogP contribution is -2.31. The second-order valence-corrected chi connectivity index (χ2v) is 5.21. The lowest BCUT2D eigenvalue weighted by atomic mass is 10.1. The fourth-order valence-corrected chi connectivity index (χ4v) is 2.78. The van der Waals surface area contributed by atoms with Gasteiger partial charge in [0.25, 0.3) is 5.91 Å². The molecule has 0 unspecified atom stereocenters. The maximum atomic E-state index is 12.5. The largest absolute Gasteiger partial charge is 0.339 e. The summed E-state index contributed by atoms with van der Waals surface area (Å²) in [5, 5.41) is 0. The molecule has 1 aromatic carbocycles. The minimum absolute atomic E-state index is 0.0507. The van der Waals surface area contributed by atoms with Gasteiger partial charge >= 0.3 is 0 Å². The monoisotopic (exact) mass is 272 g/mol. The first-order valence-corrected chi connectivity index (χ1v) is 6.87. The van der Waals surface area contributed by atoms with Crippen molar-refractivity contribution in [2.45, 2.75) is 19.3 Å². The molecule has 2 heterocycles. The number of ketones is 1. The van der Waals surface area contributed by atoms with E-state index in [9.17, 15) is 14.4 Å². The van der Waals surface area contributed by atoms with Gasteiger partial charge in [-0.15, -0.1) is 0 Å². The van der Waals surface area contributed by atoms with Crippen LogP contribution in [-0.2, 0) is 9.59 Å². The average molecular weight is 272 g/mol. The number of hydrogen-bond donors (Lipinski definition) is 0. The van der Waals surface area contributed by atoms with E-state index in [0.717, 1.165) is 25.9 Å². The third-order valence-corrected chi connectivity index (χ3v) is 3.80. The van der Waals surface area contributed by atoms with Crippen molar-refractivity contribution >= 4 is 23.3 Å². The molecule has 0 saturated carbocycles. The van der Waals surface area contributed by atoms with E-state index in [1.807, 2.05) is 0 Å². The molecule has 0 aromatic heterocycles. The van der Waals surface area contributed by atoms with Crippen LogP contribution in [-0.4, -0.2) is 42.1 Å². The minimum Gasteiger partial charge on any atom is -0.339 e. The molecule has 0 atom stereocenters. The van der Waals surface area contributed by atoms with Crippen LogP contribution < -0.4 is 4.90 Å². The molecule has 5 nitrogen and oxygen atoms in total. The van der Waals surface area contributed by atoms with E-state index >= 15 is 0 Å². The summed E-state index contributed by atoms with van der Waals surface area (Å²) in [6.07, 6.45) is 1.98. The fraction of sp³-hybridized carbons (Fsp3) is 0.400. The second kappa shape index (κ2) is 5.07. The van der Waals surface area contributed by atoms with Crippen molar-refractivity contribution in [3.63, 3.8) is 0 Å². The van der Waals surface area contributed by atoms with E-state index in [2.05, 4.69) is 0 Å². The highest BCUT2D eigenvalue weighted by Crippen LogP contribution is 2.26. The molecule has 3 rings (SSSR count). The van der Waals surface area contributed by atoms with E-state index in [1.54, 1.807) is 29.2 Å². The Hall–Kier alpha value is -2.17. The zero-order valence-corrected chi connectivity index (χ0v) is 11.2. The first kappa shape index (κ1) is 12.8. The van der Waals surface area contributed by atoms with Crippen LogP contribution in [0.4, 0.5) is 5.69 Å². The van der Waals surface area contributed by atoms with Crippen LogP contribution in [0.2, 0.25) is 0 Å². The molecule has 0 N–H and O–H groups in total. The van der Waals surface area contributed by atoms with Crippen molar-refractivity contribution in [1.29, 1.82) is 0 Å². The van der Waals surface area contributed by atoms with E-state index in [0.29, 0.717) is 11.3 Å². The van der Waals surface area contributed by atoms with Crippen LogP contribution in [0, 0.1) is 0 Å². The van der Waals surface area contributed by atoms with Gasteiger partial charge < -0.3 is 9.80 Å². The Kier molecular flexibility index (Phi) is 3.26. The number of anilines is 1. The maximum Gasteiger partial charge on any atom is 0.255 e. The molecule has 0 bridgehead atoms. The number of likely N-dealkylation sites (tertiary alicyclic amines) is 1. The Morgan fingerprint density at radius 1 is 1.05 bits per heavy atom. The maximum absolute atomic E-state index is 12.5. The number of para-hydroxylation sites is 1. The summed E-state index contributed by atoms with van der Waals surface area (Å²) >= 11 is 0. The summed E-state index contributed by atoms with van der Waals surface area (Å²) in [6.45, 7) is 1.60. The van der Waals surface area contributed by atoms with Crippen molar-refractivity contribution in [3.05, 3.63) is 29.8 Å². The lowest BCUT2D eigenvalue weighted by molar-refractivity contribution is -0.121. The zero-order valence-electron chi connectivity index (χ0n) is 11.2. The van der Waals surface area contributed by atoms with Gasteiger partial charge in [-0.2, -0.15) is 0 Å². The summed E-state index contributed by atoms with van der Waals surface area (Å²) < 4.78 is 0. The van der Waals surface area contributed by atoms with Gasteiger partial charge in [0.2, 0.25) is 5.91 Å². The van der Waals surface area contributed by atoms with Gasteiger partial charge in [-0.25, -0.2) is 0 Å². The molecule has 5 heteroatoms. The molecule has 0 radical (unpaired) electrons. The number of rotatable bonds is 2. The third kappa shape index (κ3) is 2.19. The number of benzene rings is 1. The Bertz CT molecular complexity index is 576. The predicted molar refractivity (Wildman–Crippen MR) is 73.6 cm³/mol. The predicted octanol–water partition coefficient (Wildman–Crippen LogP) is 1.23. The van der Waals surface area contributed by atoms with Gasteiger partial charge in [-0.05, 0) is 25.0 Å². The molecular weight excluding hydrogens is 256 g/mol. The topological polar surface area (TPSA) is 57.7 Å². The van der Waals surface area contributed by atoms with Gasteiger partial charge in [0, 0.05) is 13.1 Å². The summed E-state index contributed by atoms with van der Waals surface area (Å²) in [5.41, 5.74) is 1.07. The average Bonchev–Trinajstić information content (AvgIpc) is 3.08. The quantitative estimate of drug-likeness (QED) is 0.761. The smallest absolute Gasteiger partial charge is 0.255 e. The van der Waals surface area contributed by atoms with Crippen molar-refractivity contribution in [2.24, 2.45) is 0 Å². The first-order valence-electron chi connectivity index (χ1n) is 6.87. The summed E-state index contributed by atoms with van der Waals surface area (Å²) in [6, 6.07) is 7.03. The van der Waals surface area contributed by atoms with Crippen molar-refractivity contribution in [3.8, 4) is 0 Å². The highest BCUT2D eigenvalue weighted by atomic mass is 16.2. The van der Waals surface area contributed by atoms with Gasteiger partial charge in [0.1, 0.15) is 0 Å². The van der Waals surface area contributed by atoms with Gasteiger partial charge in [-0.1, -0.05) is 12.1 Å². The summed E-state index contributed by atoms with van der Waals surface area (Å²) in [4.78, 5) is 39.0. The molecular formula is C15H16N2O3. The van der Waals surface area contributed by atoms with Gasteiger partial charge in [0.15, 0.2) is 5.78 Å². The van der Waals surface area contributed by atoms with Crippen molar-refractivity contribution < 1.29 is 14.4 Å². The van der Waals surface area contributed by atoms with Crippen LogP contribution in [0.15, 0.2) is 24.3 Å². The fourth-order valence-electron chi connectivity index (χ4n) is 2.78. The molecule has 2 fully saturated rings. The summed E-state index contributed by atoms with van der Waals surface area (Å²) in [5.74, 6) is -0.375. The number of Topliss-reactive ketones (excluding diaryl/α,β-unsaturated/α-hetero) is 1. The number of nitrogens with zero attached hydrogens (tertiary/aromatic N) is 2. The Labute approximate surface area is 117 Å². The molecule has 2 aliphatic heterocycles. The van der Waals surface area contributed by atoms with E-state index < -0.39 is 0 Å². The standard InChI is InChI=1S/C15H16N2O3/c18-11-9-14(19)17(10-11)13-6-2-1-5-12(13)15(20)16-7-3-4-8-16/h1-2,5-6H,3-4,7-10H2. The second-order valence-electron chi connectivity index (χ2n) is 5.21. The molecule has 0 aliphatic carbocycles. The van der Waals surface area contributed by atoms with E-state index in [4.69, 9.17) is 0 Å². The highest BCUT2D eigenvalue weighted by molar-refractivity contribution is 6.17. The third-order valence-electron chi connectivity index (χ3n) is 3.80. The van der Waals surface area contributed by atoms with Crippen molar-refractivity contribution in [2.75, 3.05) is 24.5 Å². The lowest BCUT2D eigenvalue weighted by Gasteiger charge is -2.22. The summed E-state index contributed by atoms with van der Waals surface area (Å²) in [7, 11) is 0. The number of amides is 2. The number of hydrogen-bond acceptors (Lipinski definition) is 3. The molecule has 104 valence electrons. The first-order chi connectivity index (χ1) is 9.66. The van der Waals surface area contributed by atoms with Crippen molar-refractivity contribution in [1.82, 2.24) is 4.90 Å². The van der Waals surface area contributed by atoms with Crippen LogP contribution in [0.1, 0.15) is 29.6 Å². The zero-order chi connectivity index (χ0) is 14.1. The Balaban J connectivity index is 1.94. The van der Waals surface area contributed by atoms with Crippen LogP contribution in [0.25, 0.3) is 0 Å². The van der Waals surface area contributed by atoms with Gasteiger partial charge in [0.05, 0.1) is 24.2 Å². The molecule has 1 aromatic rings. The van der Waals surface area contributed by atoms with Crippen LogP contribution in [0.3, 0.4) is 0 Å². The van der Waals surface area contributed by atoms with E-state index in [1.165, 1.54) is 4.90 Å². The highest BCUT2D eigenvalue weighted by Gasteiger charge is 2.32. The molecule has 20 heavy (non-hydrogen) atoms. The minimum atomic E-state index is -0.225. The molecule has 2 aliphatic rings. The number of carbonyl (C=O) groups excluding carboxylic acids is 3. The van der Waals surface area contributed by atoms with Gasteiger partial charge in [-0.3, -0.25) is 14.4 Å². The molecule has 2 saturated heterocycles. The Morgan fingerprint density at radius 2 is 1.75 bits per heavy atom. The Morgan fingerprint density at radius 3 is 2.40 bits per heavy atom. The van der Waals surface area contributed by atoms with E-state index in [-0.39, 0.29) is 30.6 Å².